The molecule has 0 bridgehead atoms. The Morgan fingerprint density at radius 2 is 1.41 bits per heavy atom. The highest BCUT2D eigenvalue weighted by molar-refractivity contribution is 14.1. The molecule has 1 rings (SSSR count). The molecule has 1 aromatic carbocycles. The molecule has 0 fully saturated rings. The summed E-state index contributed by atoms with van der Waals surface area (Å²) in [4.78, 5) is 61.5. The van der Waals surface area contributed by atoms with E-state index in [9.17, 15) is 24.0 Å². The summed E-state index contributed by atoms with van der Waals surface area (Å²) in [5, 5.41) is 16.8. The summed E-state index contributed by atoms with van der Waals surface area (Å²) in [5.74, 6) is -2.77. The molecule has 0 radical (unpaired) electrons. The molecule has 0 aromatic heterocycles. The number of nitrogens with one attached hydrogen (secondary N) is 3. The number of carboxylic acid groups (broad SMARTS) is 1. The van der Waals surface area contributed by atoms with E-state index in [1.165, 1.54) is 0 Å². The van der Waals surface area contributed by atoms with Crippen molar-refractivity contribution in [1.82, 2.24) is 16.0 Å². The summed E-state index contributed by atoms with van der Waals surface area (Å²) in [6.07, 6.45) is 0.679. The minimum atomic E-state index is -1.23. The van der Waals surface area contributed by atoms with Crippen LogP contribution in [0, 0.1) is 3.57 Å². The first kappa shape index (κ1) is 34.1. The van der Waals surface area contributed by atoms with E-state index in [2.05, 4.69) is 38.5 Å². The Labute approximate surface area is 243 Å². The molecular formula is C27H40IN3O8. The van der Waals surface area contributed by atoms with Gasteiger partial charge in [-0.3, -0.25) is 9.59 Å². The lowest BCUT2D eigenvalue weighted by Gasteiger charge is -2.27. The fraction of sp³-hybridized carbons (Fsp3) is 0.593. The number of benzene rings is 1. The van der Waals surface area contributed by atoms with Crippen LogP contribution in [0.15, 0.2) is 24.3 Å². The Morgan fingerprint density at radius 1 is 0.872 bits per heavy atom. The predicted molar refractivity (Wildman–Crippen MR) is 153 cm³/mol. The first-order valence-corrected chi connectivity index (χ1v) is 13.8. The van der Waals surface area contributed by atoms with Gasteiger partial charge >= 0.3 is 23.9 Å². The maximum absolute atomic E-state index is 12.8. The fourth-order valence-electron chi connectivity index (χ4n) is 3.28. The zero-order chi connectivity index (χ0) is 29.8. The van der Waals surface area contributed by atoms with Crippen molar-refractivity contribution in [3.05, 3.63) is 33.4 Å². The van der Waals surface area contributed by atoms with Crippen molar-refractivity contribution in [3.63, 3.8) is 0 Å². The van der Waals surface area contributed by atoms with Gasteiger partial charge in [-0.1, -0.05) is 6.07 Å². The van der Waals surface area contributed by atoms with E-state index < -0.39 is 47.2 Å². The highest BCUT2D eigenvalue weighted by Crippen LogP contribution is 2.13. The second-order valence-electron chi connectivity index (χ2n) is 11.0. The highest BCUT2D eigenvalue weighted by atomic mass is 127. The third kappa shape index (κ3) is 15.3. The zero-order valence-electron chi connectivity index (χ0n) is 23.4. The van der Waals surface area contributed by atoms with Crippen LogP contribution < -0.4 is 16.0 Å². The van der Waals surface area contributed by atoms with E-state index in [-0.39, 0.29) is 25.2 Å². The summed E-state index contributed by atoms with van der Waals surface area (Å²) < 4.78 is 11.7. The van der Waals surface area contributed by atoms with Crippen LogP contribution in [0.1, 0.15) is 84.0 Å². The largest absolute Gasteiger partial charge is 0.481 e. The molecule has 2 atom stereocenters. The van der Waals surface area contributed by atoms with Crippen molar-refractivity contribution < 1.29 is 38.6 Å². The number of ether oxygens (including phenoxy) is 2. The molecule has 3 amide bonds. The molecular weight excluding hydrogens is 621 g/mol. The maximum atomic E-state index is 12.8. The molecule has 0 aliphatic heterocycles. The van der Waals surface area contributed by atoms with Crippen molar-refractivity contribution in [2.75, 3.05) is 6.54 Å². The molecule has 4 N–H and O–H groups in total. The van der Waals surface area contributed by atoms with Crippen LogP contribution in [-0.4, -0.2) is 64.8 Å². The molecule has 0 spiro atoms. The Morgan fingerprint density at radius 3 is 1.90 bits per heavy atom. The Hall–Kier alpha value is -2.90. The number of aliphatic carboxylic acids is 1. The molecule has 0 unspecified atom stereocenters. The van der Waals surface area contributed by atoms with Gasteiger partial charge in [-0.25, -0.2) is 14.4 Å². The molecule has 0 saturated carbocycles. The predicted octanol–water partition coefficient (Wildman–Crippen LogP) is 3.78. The van der Waals surface area contributed by atoms with Gasteiger partial charge < -0.3 is 30.5 Å². The monoisotopic (exact) mass is 661 g/mol. The van der Waals surface area contributed by atoms with Crippen molar-refractivity contribution in [1.29, 1.82) is 0 Å². The van der Waals surface area contributed by atoms with Gasteiger partial charge in [-0.05, 0) is 108 Å². The molecule has 1 aromatic rings. The lowest BCUT2D eigenvalue weighted by molar-refractivity contribution is -0.158. The quantitative estimate of drug-likeness (QED) is 0.141. The van der Waals surface area contributed by atoms with Gasteiger partial charge in [0.2, 0.25) is 0 Å². The van der Waals surface area contributed by atoms with Crippen LogP contribution in [0.5, 0.6) is 0 Å². The smallest absolute Gasteiger partial charge is 0.329 e. The molecule has 0 heterocycles. The maximum Gasteiger partial charge on any atom is 0.329 e. The molecule has 0 saturated heterocycles. The second kappa shape index (κ2) is 15.6. The average molecular weight is 662 g/mol. The van der Waals surface area contributed by atoms with Crippen molar-refractivity contribution in [2.45, 2.75) is 96.9 Å². The van der Waals surface area contributed by atoms with Gasteiger partial charge in [0, 0.05) is 22.1 Å². The van der Waals surface area contributed by atoms with E-state index >= 15 is 0 Å². The van der Waals surface area contributed by atoms with Crippen LogP contribution in [-0.2, 0) is 23.9 Å². The third-order valence-electron chi connectivity index (χ3n) is 4.93. The van der Waals surface area contributed by atoms with Crippen molar-refractivity contribution in [3.8, 4) is 0 Å². The van der Waals surface area contributed by atoms with Crippen LogP contribution >= 0.6 is 22.6 Å². The van der Waals surface area contributed by atoms with Crippen molar-refractivity contribution in [2.24, 2.45) is 0 Å². The minimum Gasteiger partial charge on any atom is -0.481 e. The molecule has 11 nitrogen and oxygen atoms in total. The number of hydrogen-bond donors (Lipinski definition) is 4. The Kier molecular flexibility index (Phi) is 13.7. The molecule has 0 aliphatic carbocycles. The van der Waals surface area contributed by atoms with E-state index in [0.717, 1.165) is 3.57 Å². The first-order chi connectivity index (χ1) is 18.0. The number of esters is 2. The van der Waals surface area contributed by atoms with Gasteiger partial charge in [0.05, 0.1) is 0 Å². The standard InChI is InChI=1S/C27H40IN3O8/c1-26(2,3)38-23(35)19(12-7-8-15-29-22(34)17-10-9-11-18(28)16-17)30-25(37)31-20(13-14-21(32)33)24(36)39-27(4,5)6/h9-11,16,19-20H,7-8,12-15H2,1-6H3,(H,29,34)(H,32,33)(H2,30,31,37)/t19-,20-/m0/s1. The molecule has 39 heavy (non-hydrogen) atoms. The number of urea groups is 1. The summed E-state index contributed by atoms with van der Waals surface area (Å²) in [7, 11) is 0. The summed E-state index contributed by atoms with van der Waals surface area (Å²) >= 11 is 2.13. The number of amides is 3. The van der Waals surface area contributed by atoms with E-state index in [1.807, 2.05) is 6.07 Å². The van der Waals surface area contributed by atoms with Gasteiger partial charge in [0.15, 0.2) is 0 Å². The van der Waals surface area contributed by atoms with Crippen molar-refractivity contribution >= 4 is 52.4 Å². The normalized spacial score (nSPS) is 13.0. The van der Waals surface area contributed by atoms with Gasteiger partial charge in [-0.15, -0.1) is 0 Å². The van der Waals surface area contributed by atoms with Crippen LogP contribution in [0.2, 0.25) is 0 Å². The topological polar surface area (TPSA) is 160 Å². The van der Waals surface area contributed by atoms with E-state index in [0.29, 0.717) is 24.9 Å². The van der Waals surface area contributed by atoms with E-state index in [1.54, 1.807) is 59.7 Å². The molecule has 0 aliphatic rings. The number of carbonyl (C=O) groups excluding carboxylic acids is 4. The highest BCUT2D eigenvalue weighted by Gasteiger charge is 2.30. The number of rotatable bonds is 13. The minimum absolute atomic E-state index is 0.186. The second-order valence-corrected chi connectivity index (χ2v) is 12.2. The first-order valence-electron chi connectivity index (χ1n) is 12.7. The SMILES string of the molecule is CC(C)(C)OC(=O)[C@H](CCCCNC(=O)c1cccc(I)c1)NC(=O)N[C@@H](CCC(=O)O)C(=O)OC(C)(C)C. The average Bonchev–Trinajstić information content (AvgIpc) is 2.78. The van der Waals surface area contributed by atoms with Gasteiger partial charge in [0.1, 0.15) is 23.3 Å². The van der Waals surface area contributed by atoms with Crippen LogP contribution in [0.25, 0.3) is 0 Å². The number of carboxylic acids is 1. The number of carbonyl (C=O) groups is 5. The lowest BCUT2D eigenvalue weighted by atomic mass is 10.1. The molecule has 218 valence electrons. The molecule has 12 heteroatoms. The lowest BCUT2D eigenvalue weighted by Crippen LogP contribution is -2.53. The third-order valence-corrected chi connectivity index (χ3v) is 5.60. The van der Waals surface area contributed by atoms with Crippen LogP contribution in [0.4, 0.5) is 4.79 Å². The van der Waals surface area contributed by atoms with Gasteiger partial charge in [0.25, 0.3) is 5.91 Å². The number of unbranched alkanes of at least 4 members (excludes halogenated alkanes) is 1. The summed E-state index contributed by atoms with van der Waals surface area (Å²) in [6.45, 7) is 10.4. The van der Waals surface area contributed by atoms with Gasteiger partial charge in [-0.2, -0.15) is 0 Å². The number of halogens is 1. The Balaban J connectivity index is 2.78. The zero-order valence-corrected chi connectivity index (χ0v) is 25.5. The number of hydrogen-bond acceptors (Lipinski definition) is 7. The summed E-state index contributed by atoms with van der Waals surface area (Å²) in [6, 6.07) is 4.09. The van der Waals surface area contributed by atoms with E-state index in [4.69, 9.17) is 14.6 Å². The van der Waals surface area contributed by atoms with Crippen LogP contribution in [0.3, 0.4) is 0 Å². The Bertz CT molecular complexity index is 1020. The fourth-order valence-corrected chi connectivity index (χ4v) is 3.82. The summed E-state index contributed by atoms with van der Waals surface area (Å²) in [5.41, 5.74) is -1.09.